The summed E-state index contributed by atoms with van der Waals surface area (Å²) in [5.41, 5.74) is 0. The van der Waals surface area contributed by atoms with Gasteiger partial charge in [0.25, 0.3) is 0 Å². The smallest absolute Gasteiger partial charge is 0.0865 e. The van der Waals surface area contributed by atoms with E-state index in [1.165, 1.54) is 12.8 Å². The van der Waals surface area contributed by atoms with Crippen LogP contribution in [-0.2, 0) is 0 Å². The monoisotopic (exact) mass is 568 g/mol. The van der Waals surface area contributed by atoms with Gasteiger partial charge in [-0.1, -0.05) is 115 Å². The molecule has 0 aliphatic carbocycles. The number of unbranched alkanes of at least 4 members (excludes halogenated alkanes) is 1. The number of hydrogen-bond acceptors (Lipinski definition) is 0. The molecular formula is C7H10Br6. The molecule has 0 heterocycles. The molecule has 1 atom stereocenters. The molecule has 13 heavy (non-hydrogen) atoms. The second-order valence-corrected chi connectivity index (χ2v) is 14.2. The van der Waals surface area contributed by atoms with E-state index >= 15 is 0 Å². The normalized spacial score (nSPS) is 15.9. The first kappa shape index (κ1) is 15.9. The summed E-state index contributed by atoms with van der Waals surface area (Å²) < 4.78 is -0.621. The molecule has 6 heteroatoms. The SMILES string of the molecule is CCCCC(Br)C(Br)(Br)C(Br)(Br)Br. The maximum Gasteiger partial charge on any atom is 0.160 e. The van der Waals surface area contributed by atoms with Gasteiger partial charge < -0.3 is 0 Å². The Hall–Kier alpha value is 2.88. The third-order valence-corrected chi connectivity index (χ3v) is 11.3. The number of alkyl halides is 6. The van der Waals surface area contributed by atoms with E-state index in [1.54, 1.807) is 0 Å². The quantitative estimate of drug-likeness (QED) is 0.348. The second-order valence-electron chi connectivity index (χ2n) is 2.73. The van der Waals surface area contributed by atoms with Gasteiger partial charge in [0.1, 0.15) is 3.23 Å². The summed E-state index contributed by atoms with van der Waals surface area (Å²) in [5.74, 6) is 0. The molecule has 0 amide bonds. The Morgan fingerprint density at radius 2 is 1.54 bits per heavy atom. The molecule has 80 valence electrons. The summed E-state index contributed by atoms with van der Waals surface area (Å²) in [4.78, 5) is 0.332. The van der Waals surface area contributed by atoms with Crippen molar-refractivity contribution >= 4 is 95.6 Å². The minimum absolute atomic E-state index is 0.262. The fraction of sp³-hybridized carbons (Fsp3) is 1.00. The maximum atomic E-state index is 3.65. The number of rotatable bonds is 4. The first-order valence-electron chi connectivity index (χ1n) is 3.82. The van der Waals surface area contributed by atoms with Crippen molar-refractivity contribution in [3.05, 3.63) is 0 Å². The number of halogens is 6. The average Bonchev–Trinajstić information content (AvgIpc) is 1.97. The molecule has 0 nitrogen and oxygen atoms in total. The van der Waals surface area contributed by atoms with Crippen molar-refractivity contribution in [3.63, 3.8) is 0 Å². The Labute approximate surface area is 130 Å². The fourth-order valence-electron chi connectivity index (χ4n) is 0.742. The van der Waals surface area contributed by atoms with E-state index in [1.807, 2.05) is 0 Å². The molecule has 0 saturated heterocycles. The van der Waals surface area contributed by atoms with Gasteiger partial charge in [-0.3, -0.25) is 0 Å². The minimum Gasteiger partial charge on any atom is -0.0865 e. The standard InChI is InChI=1S/C7H10Br6/c1-2-3-4-5(8)6(9,10)7(11,12)13/h5H,2-4H2,1H3. The first-order chi connectivity index (χ1) is 5.73. The summed E-state index contributed by atoms with van der Waals surface area (Å²) in [6.07, 6.45) is 3.52. The summed E-state index contributed by atoms with van der Waals surface area (Å²) >= 11 is 21.4. The average molecular weight is 574 g/mol. The van der Waals surface area contributed by atoms with Gasteiger partial charge in [-0.05, 0) is 6.42 Å². The maximum absolute atomic E-state index is 3.65. The second kappa shape index (κ2) is 6.58. The predicted molar refractivity (Wildman–Crippen MR) is 82.3 cm³/mol. The van der Waals surface area contributed by atoms with E-state index in [0.29, 0.717) is 4.83 Å². The molecule has 0 saturated carbocycles. The van der Waals surface area contributed by atoms with Crippen molar-refractivity contribution in [3.8, 4) is 0 Å². The summed E-state index contributed by atoms with van der Waals surface area (Å²) in [7, 11) is 0. The van der Waals surface area contributed by atoms with Crippen LogP contribution in [0.25, 0.3) is 0 Å². The van der Waals surface area contributed by atoms with Crippen molar-refractivity contribution in [1.29, 1.82) is 0 Å². The number of hydrogen-bond donors (Lipinski definition) is 0. The lowest BCUT2D eigenvalue weighted by molar-refractivity contribution is 0.671. The van der Waals surface area contributed by atoms with E-state index in [-0.39, 0.29) is 5.38 Å². The predicted octanol–water partition coefficient (Wildman–Crippen LogP) is 6.26. The van der Waals surface area contributed by atoms with Crippen molar-refractivity contribution in [2.24, 2.45) is 0 Å². The largest absolute Gasteiger partial charge is 0.160 e. The van der Waals surface area contributed by atoms with Crippen molar-refractivity contribution in [2.75, 3.05) is 0 Å². The zero-order valence-electron chi connectivity index (χ0n) is 6.97. The lowest BCUT2D eigenvalue weighted by Crippen LogP contribution is -2.37. The molecule has 1 unspecified atom stereocenters. The van der Waals surface area contributed by atoms with Gasteiger partial charge in [0.2, 0.25) is 0 Å². The first-order valence-corrected chi connectivity index (χ1v) is 8.70. The lowest BCUT2D eigenvalue weighted by atomic mass is 10.2. The topological polar surface area (TPSA) is 0 Å². The Kier molecular flexibility index (Phi) is 8.03. The Morgan fingerprint density at radius 3 is 1.85 bits per heavy atom. The molecule has 0 bridgehead atoms. The highest BCUT2D eigenvalue weighted by atomic mass is 80.0. The molecule has 0 aromatic rings. The van der Waals surface area contributed by atoms with Gasteiger partial charge in [-0.25, -0.2) is 0 Å². The van der Waals surface area contributed by atoms with Crippen molar-refractivity contribution < 1.29 is 0 Å². The van der Waals surface area contributed by atoms with Crippen LogP contribution in [0.15, 0.2) is 0 Å². The van der Waals surface area contributed by atoms with Crippen molar-refractivity contribution in [2.45, 2.75) is 36.4 Å². The zero-order chi connectivity index (χ0) is 10.7. The molecule has 0 rings (SSSR count). The summed E-state index contributed by atoms with van der Waals surface area (Å²) in [6.45, 7) is 2.19. The van der Waals surface area contributed by atoms with E-state index < -0.39 is 0 Å². The van der Waals surface area contributed by atoms with Crippen LogP contribution < -0.4 is 0 Å². The van der Waals surface area contributed by atoms with Gasteiger partial charge in [0.15, 0.2) is 2.14 Å². The summed E-state index contributed by atoms with van der Waals surface area (Å²) in [6, 6.07) is 0. The highest BCUT2D eigenvalue weighted by Crippen LogP contribution is 2.56. The highest BCUT2D eigenvalue weighted by Gasteiger charge is 2.47. The third-order valence-electron chi connectivity index (χ3n) is 1.58. The summed E-state index contributed by atoms with van der Waals surface area (Å²) in [5, 5.41) is 0. The van der Waals surface area contributed by atoms with Gasteiger partial charge >= 0.3 is 0 Å². The van der Waals surface area contributed by atoms with Crippen LogP contribution >= 0.6 is 95.6 Å². The Bertz CT molecular complexity index is 150. The molecular weight excluding hydrogens is 564 g/mol. The van der Waals surface area contributed by atoms with E-state index in [9.17, 15) is 0 Å². The zero-order valence-corrected chi connectivity index (χ0v) is 16.5. The van der Waals surface area contributed by atoms with Crippen LogP contribution in [0, 0.1) is 0 Å². The minimum atomic E-state index is -0.359. The van der Waals surface area contributed by atoms with Gasteiger partial charge in [0, 0.05) is 4.83 Å². The van der Waals surface area contributed by atoms with Crippen LogP contribution in [0.2, 0.25) is 0 Å². The van der Waals surface area contributed by atoms with E-state index in [2.05, 4.69) is 103 Å². The van der Waals surface area contributed by atoms with Crippen LogP contribution in [-0.4, -0.2) is 10.2 Å². The van der Waals surface area contributed by atoms with E-state index in [0.717, 1.165) is 6.42 Å². The van der Waals surface area contributed by atoms with Gasteiger partial charge in [0.05, 0.1) is 0 Å². The molecule has 0 spiro atoms. The van der Waals surface area contributed by atoms with Crippen LogP contribution in [0.3, 0.4) is 0 Å². The molecule has 0 aliphatic rings. The van der Waals surface area contributed by atoms with E-state index in [4.69, 9.17) is 0 Å². The van der Waals surface area contributed by atoms with Crippen LogP contribution in [0.1, 0.15) is 26.2 Å². The molecule has 0 aromatic carbocycles. The lowest BCUT2D eigenvalue weighted by Gasteiger charge is -2.34. The molecule has 0 N–H and O–H groups in total. The Morgan fingerprint density at radius 1 is 1.08 bits per heavy atom. The van der Waals surface area contributed by atoms with Crippen LogP contribution in [0.4, 0.5) is 0 Å². The third kappa shape index (κ3) is 5.16. The highest BCUT2D eigenvalue weighted by molar-refractivity contribution is 9.41. The molecule has 0 fully saturated rings. The van der Waals surface area contributed by atoms with Crippen LogP contribution in [0.5, 0.6) is 0 Å². The van der Waals surface area contributed by atoms with Gasteiger partial charge in [-0.15, -0.1) is 0 Å². The molecule has 0 aliphatic heterocycles. The van der Waals surface area contributed by atoms with Crippen molar-refractivity contribution in [1.82, 2.24) is 0 Å². The Balaban J connectivity index is 4.27. The fourth-order valence-corrected chi connectivity index (χ4v) is 3.62. The molecule has 0 radical (unpaired) electrons. The molecule has 0 aromatic heterocycles. The van der Waals surface area contributed by atoms with Gasteiger partial charge in [-0.2, -0.15) is 0 Å².